The second-order valence-electron chi connectivity index (χ2n) is 2.75. The van der Waals surface area contributed by atoms with Crippen LogP contribution in [0.4, 0.5) is 0 Å². The molecular formula is C8H22N2. The Hall–Kier alpha value is -0.0800. The first kappa shape index (κ1) is 9.92. The lowest BCUT2D eigenvalue weighted by Crippen LogP contribution is -2.36. The first-order valence-electron chi connectivity index (χ1n) is 4.10. The molecule has 0 aliphatic heterocycles. The van der Waals surface area contributed by atoms with Gasteiger partial charge in [0.05, 0.1) is 0 Å². The van der Waals surface area contributed by atoms with E-state index in [1.54, 1.807) is 0 Å². The van der Waals surface area contributed by atoms with Crippen LogP contribution in [0.5, 0.6) is 0 Å². The predicted molar refractivity (Wildman–Crippen MR) is 48.4 cm³/mol. The van der Waals surface area contributed by atoms with Gasteiger partial charge >= 0.3 is 0 Å². The van der Waals surface area contributed by atoms with E-state index in [1.165, 1.54) is 6.42 Å². The molecule has 0 bridgehead atoms. The maximum Gasteiger partial charge on any atom is 0.0189 e. The SMILES string of the molecule is CCC(CN(C)CC)NC.[HH]. The molecule has 1 N–H and O–H groups in total. The fraction of sp³-hybridized carbons (Fsp3) is 1.00. The lowest BCUT2D eigenvalue weighted by molar-refractivity contribution is 0.304. The van der Waals surface area contributed by atoms with Gasteiger partial charge in [0.2, 0.25) is 0 Å². The molecule has 0 fully saturated rings. The Bertz CT molecular complexity index is 74.5. The summed E-state index contributed by atoms with van der Waals surface area (Å²) in [6, 6.07) is 0.657. The van der Waals surface area contributed by atoms with Gasteiger partial charge in [-0.15, -0.1) is 0 Å². The highest BCUT2D eigenvalue weighted by atomic mass is 15.1. The third-order valence-corrected chi connectivity index (χ3v) is 1.97. The monoisotopic (exact) mass is 146 g/mol. The van der Waals surface area contributed by atoms with E-state index in [4.69, 9.17) is 0 Å². The summed E-state index contributed by atoms with van der Waals surface area (Å²) in [6.07, 6.45) is 1.21. The van der Waals surface area contributed by atoms with Crippen molar-refractivity contribution in [1.82, 2.24) is 10.2 Å². The Morgan fingerprint density at radius 2 is 2.10 bits per heavy atom. The van der Waals surface area contributed by atoms with Crippen LogP contribution in [0.25, 0.3) is 0 Å². The number of nitrogens with one attached hydrogen (secondary N) is 1. The van der Waals surface area contributed by atoms with Gasteiger partial charge in [0.15, 0.2) is 0 Å². The fourth-order valence-electron chi connectivity index (χ4n) is 0.930. The van der Waals surface area contributed by atoms with Gasteiger partial charge in [-0.3, -0.25) is 0 Å². The molecule has 0 saturated heterocycles. The van der Waals surface area contributed by atoms with E-state index in [1.807, 2.05) is 7.05 Å². The van der Waals surface area contributed by atoms with Crippen LogP contribution >= 0.6 is 0 Å². The second-order valence-corrected chi connectivity index (χ2v) is 2.75. The highest BCUT2D eigenvalue weighted by Crippen LogP contribution is 1.92. The molecule has 0 radical (unpaired) electrons. The minimum absolute atomic E-state index is 0. The number of hydrogen-bond acceptors (Lipinski definition) is 2. The Kier molecular flexibility index (Phi) is 5.64. The maximum atomic E-state index is 3.28. The molecule has 64 valence electrons. The molecule has 1 unspecified atom stereocenters. The maximum absolute atomic E-state index is 3.28. The van der Waals surface area contributed by atoms with Crippen molar-refractivity contribution >= 4 is 0 Å². The Labute approximate surface area is 66.1 Å². The van der Waals surface area contributed by atoms with Crippen molar-refractivity contribution in [3.8, 4) is 0 Å². The third-order valence-electron chi connectivity index (χ3n) is 1.97. The zero-order valence-electron chi connectivity index (χ0n) is 7.65. The van der Waals surface area contributed by atoms with Gasteiger partial charge in [-0.2, -0.15) is 0 Å². The van der Waals surface area contributed by atoms with Crippen LogP contribution in [0.15, 0.2) is 0 Å². The molecule has 0 spiro atoms. The van der Waals surface area contributed by atoms with Gasteiger partial charge in [-0.1, -0.05) is 13.8 Å². The van der Waals surface area contributed by atoms with Crippen molar-refractivity contribution in [3.63, 3.8) is 0 Å². The van der Waals surface area contributed by atoms with Crippen molar-refractivity contribution < 1.29 is 1.43 Å². The summed E-state index contributed by atoms with van der Waals surface area (Å²) in [4.78, 5) is 2.32. The van der Waals surface area contributed by atoms with Gasteiger partial charge in [-0.25, -0.2) is 0 Å². The highest BCUT2D eigenvalue weighted by molar-refractivity contribution is 4.65. The van der Waals surface area contributed by atoms with Gasteiger partial charge < -0.3 is 10.2 Å². The van der Waals surface area contributed by atoms with Crippen LogP contribution in [0.2, 0.25) is 0 Å². The Balaban J connectivity index is 0. The highest BCUT2D eigenvalue weighted by Gasteiger charge is 2.03. The van der Waals surface area contributed by atoms with Crippen LogP contribution in [-0.4, -0.2) is 38.1 Å². The van der Waals surface area contributed by atoms with Crippen molar-refractivity contribution in [2.45, 2.75) is 26.3 Å². The largest absolute Gasteiger partial charge is 0.316 e. The summed E-state index contributed by atoms with van der Waals surface area (Å²) in [5.41, 5.74) is 0. The van der Waals surface area contributed by atoms with Crippen molar-refractivity contribution in [1.29, 1.82) is 0 Å². The van der Waals surface area contributed by atoms with E-state index in [0.717, 1.165) is 13.1 Å². The zero-order valence-corrected chi connectivity index (χ0v) is 7.65. The fourth-order valence-corrected chi connectivity index (χ4v) is 0.930. The average molecular weight is 146 g/mol. The molecular weight excluding hydrogens is 124 g/mol. The lowest BCUT2D eigenvalue weighted by atomic mass is 10.2. The van der Waals surface area contributed by atoms with Gasteiger partial charge in [-0.05, 0) is 27.1 Å². The first-order valence-corrected chi connectivity index (χ1v) is 4.10. The molecule has 0 amide bonds. The van der Waals surface area contributed by atoms with Crippen molar-refractivity contribution in [3.05, 3.63) is 0 Å². The summed E-state index contributed by atoms with van der Waals surface area (Å²) in [6.45, 7) is 6.69. The standard InChI is InChI=1S/C8H20N2.H2/c1-5-8(9-3)7-10(4)6-2;/h8-9H,5-7H2,1-4H3;1H. The van der Waals surface area contributed by atoms with Gasteiger partial charge in [0, 0.05) is 14.0 Å². The molecule has 10 heavy (non-hydrogen) atoms. The van der Waals surface area contributed by atoms with E-state index in [2.05, 4.69) is 31.1 Å². The third kappa shape index (κ3) is 3.85. The summed E-state index contributed by atoms with van der Waals surface area (Å²) in [5.74, 6) is 0. The molecule has 0 rings (SSSR count). The van der Waals surface area contributed by atoms with E-state index >= 15 is 0 Å². The second kappa shape index (κ2) is 5.69. The Morgan fingerprint density at radius 1 is 1.50 bits per heavy atom. The minimum Gasteiger partial charge on any atom is -0.316 e. The van der Waals surface area contributed by atoms with Gasteiger partial charge in [0.1, 0.15) is 0 Å². The van der Waals surface area contributed by atoms with Crippen LogP contribution in [0.1, 0.15) is 21.7 Å². The molecule has 0 aromatic carbocycles. The van der Waals surface area contributed by atoms with Crippen LogP contribution in [-0.2, 0) is 0 Å². The zero-order chi connectivity index (χ0) is 7.98. The number of nitrogens with zero attached hydrogens (tertiary/aromatic N) is 1. The normalized spacial score (nSPS) is 14.1. The smallest absolute Gasteiger partial charge is 0.0189 e. The molecule has 0 saturated carbocycles. The quantitative estimate of drug-likeness (QED) is 0.626. The molecule has 0 aliphatic rings. The summed E-state index contributed by atoms with van der Waals surface area (Å²) < 4.78 is 0. The average Bonchev–Trinajstić information content (AvgIpc) is 1.99. The minimum atomic E-state index is 0. The van der Waals surface area contributed by atoms with E-state index < -0.39 is 0 Å². The molecule has 1 atom stereocenters. The molecule has 2 nitrogen and oxygen atoms in total. The van der Waals surface area contributed by atoms with Gasteiger partial charge in [0.25, 0.3) is 0 Å². The van der Waals surface area contributed by atoms with Crippen LogP contribution in [0, 0.1) is 0 Å². The van der Waals surface area contributed by atoms with E-state index in [0.29, 0.717) is 6.04 Å². The van der Waals surface area contributed by atoms with Crippen LogP contribution in [0.3, 0.4) is 0 Å². The summed E-state index contributed by atoms with van der Waals surface area (Å²) in [7, 11) is 4.18. The topological polar surface area (TPSA) is 15.3 Å². The molecule has 0 aliphatic carbocycles. The van der Waals surface area contributed by atoms with Crippen molar-refractivity contribution in [2.24, 2.45) is 0 Å². The molecule has 0 aromatic heterocycles. The summed E-state index contributed by atoms with van der Waals surface area (Å²) in [5, 5.41) is 3.28. The van der Waals surface area contributed by atoms with Crippen molar-refractivity contribution in [2.75, 3.05) is 27.2 Å². The predicted octanol–water partition coefficient (Wildman–Crippen LogP) is 1.18. The number of hydrogen-bond donors (Lipinski definition) is 1. The molecule has 0 aromatic rings. The molecule has 0 heterocycles. The Morgan fingerprint density at radius 3 is 2.40 bits per heavy atom. The van der Waals surface area contributed by atoms with E-state index in [-0.39, 0.29) is 1.43 Å². The summed E-state index contributed by atoms with van der Waals surface area (Å²) >= 11 is 0. The lowest BCUT2D eigenvalue weighted by Gasteiger charge is -2.20. The van der Waals surface area contributed by atoms with E-state index in [9.17, 15) is 0 Å². The first-order chi connectivity index (χ1) is 4.74. The number of likely N-dealkylation sites (N-methyl/N-ethyl adjacent to an activating group) is 2. The van der Waals surface area contributed by atoms with Crippen LogP contribution < -0.4 is 5.32 Å². The molecule has 2 heteroatoms. The number of rotatable bonds is 5.